The standard InChI is InChI=1S/C17H34N2/c1-13-6-5-11-19(16(13)12-18)15-9-7-14(8-10-15)17(2,3)4/h13-16H,5-12,18H2,1-4H3. The van der Waals surface area contributed by atoms with Crippen LogP contribution < -0.4 is 5.73 Å². The van der Waals surface area contributed by atoms with E-state index in [0.717, 1.165) is 24.4 Å². The predicted octanol–water partition coefficient (Wildman–Crippen LogP) is 3.65. The Bertz CT molecular complexity index is 273. The topological polar surface area (TPSA) is 29.3 Å². The van der Waals surface area contributed by atoms with Crippen LogP contribution in [-0.4, -0.2) is 30.1 Å². The van der Waals surface area contributed by atoms with Crippen LogP contribution in [0.3, 0.4) is 0 Å². The Balaban J connectivity index is 1.93. The molecule has 1 aliphatic heterocycles. The van der Waals surface area contributed by atoms with Crippen molar-refractivity contribution in [3.05, 3.63) is 0 Å². The van der Waals surface area contributed by atoms with Gasteiger partial charge in [0, 0.05) is 18.6 Å². The quantitative estimate of drug-likeness (QED) is 0.826. The highest BCUT2D eigenvalue weighted by molar-refractivity contribution is 4.91. The zero-order valence-electron chi connectivity index (χ0n) is 13.5. The van der Waals surface area contributed by atoms with Gasteiger partial charge < -0.3 is 5.73 Å². The number of nitrogens with zero attached hydrogens (tertiary/aromatic N) is 1. The van der Waals surface area contributed by atoms with Crippen LogP contribution in [-0.2, 0) is 0 Å². The lowest BCUT2D eigenvalue weighted by Gasteiger charge is -2.47. The molecule has 2 atom stereocenters. The average molecular weight is 266 g/mol. The van der Waals surface area contributed by atoms with Crippen LogP contribution >= 0.6 is 0 Å². The zero-order chi connectivity index (χ0) is 14.0. The maximum Gasteiger partial charge on any atom is 0.0246 e. The van der Waals surface area contributed by atoms with Crippen molar-refractivity contribution in [2.45, 2.75) is 78.3 Å². The van der Waals surface area contributed by atoms with E-state index < -0.39 is 0 Å². The van der Waals surface area contributed by atoms with Gasteiger partial charge in [0.15, 0.2) is 0 Å². The van der Waals surface area contributed by atoms with Crippen molar-refractivity contribution in [2.24, 2.45) is 23.0 Å². The molecule has 0 aromatic rings. The van der Waals surface area contributed by atoms with Crippen LogP contribution in [0.5, 0.6) is 0 Å². The minimum absolute atomic E-state index is 0.493. The van der Waals surface area contributed by atoms with E-state index in [0.29, 0.717) is 11.5 Å². The summed E-state index contributed by atoms with van der Waals surface area (Å²) in [6, 6.07) is 1.46. The molecule has 1 saturated carbocycles. The van der Waals surface area contributed by atoms with Crippen molar-refractivity contribution in [3.8, 4) is 0 Å². The van der Waals surface area contributed by atoms with Crippen molar-refractivity contribution < 1.29 is 0 Å². The Hall–Kier alpha value is -0.0800. The minimum Gasteiger partial charge on any atom is -0.329 e. The van der Waals surface area contributed by atoms with Gasteiger partial charge in [0.25, 0.3) is 0 Å². The van der Waals surface area contributed by atoms with Crippen LogP contribution in [0.2, 0.25) is 0 Å². The predicted molar refractivity (Wildman–Crippen MR) is 83.1 cm³/mol. The summed E-state index contributed by atoms with van der Waals surface area (Å²) in [5.74, 6) is 1.71. The van der Waals surface area contributed by atoms with Crippen LogP contribution in [0.1, 0.15) is 66.2 Å². The fourth-order valence-electron chi connectivity index (χ4n) is 4.38. The highest BCUT2D eigenvalue weighted by Gasteiger charge is 2.36. The van der Waals surface area contributed by atoms with Gasteiger partial charge in [0.05, 0.1) is 0 Å². The van der Waals surface area contributed by atoms with Crippen molar-refractivity contribution in [1.29, 1.82) is 0 Å². The maximum absolute atomic E-state index is 6.05. The molecule has 0 radical (unpaired) electrons. The van der Waals surface area contributed by atoms with Crippen LogP contribution in [0.25, 0.3) is 0 Å². The first-order valence-corrected chi connectivity index (χ1v) is 8.39. The van der Waals surface area contributed by atoms with Gasteiger partial charge in [-0.15, -0.1) is 0 Å². The van der Waals surface area contributed by atoms with Crippen LogP contribution in [0, 0.1) is 17.3 Å². The van der Waals surface area contributed by atoms with Crippen LogP contribution in [0.15, 0.2) is 0 Å². The van der Waals surface area contributed by atoms with E-state index in [4.69, 9.17) is 5.73 Å². The Morgan fingerprint density at radius 1 is 1.05 bits per heavy atom. The third-order valence-electron chi connectivity index (χ3n) is 5.79. The van der Waals surface area contributed by atoms with Gasteiger partial charge >= 0.3 is 0 Å². The SMILES string of the molecule is CC1CCCN(C2CCC(C(C)(C)C)CC2)C1CN. The zero-order valence-corrected chi connectivity index (χ0v) is 13.5. The molecule has 2 unspecified atom stereocenters. The van der Waals surface area contributed by atoms with Gasteiger partial charge in [-0.3, -0.25) is 4.90 Å². The molecule has 2 fully saturated rings. The van der Waals surface area contributed by atoms with Gasteiger partial charge in [-0.25, -0.2) is 0 Å². The van der Waals surface area contributed by atoms with Crippen molar-refractivity contribution in [3.63, 3.8) is 0 Å². The molecule has 19 heavy (non-hydrogen) atoms. The third kappa shape index (κ3) is 3.52. The summed E-state index contributed by atoms with van der Waals surface area (Å²) in [6.07, 6.45) is 8.36. The monoisotopic (exact) mass is 266 g/mol. The third-order valence-corrected chi connectivity index (χ3v) is 5.79. The number of rotatable bonds is 2. The molecular weight excluding hydrogens is 232 g/mol. The molecule has 2 rings (SSSR count). The fraction of sp³-hybridized carbons (Fsp3) is 1.00. The largest absolute Gasteiger partial charge is 0.329 e. The Morgan fingerprint density at radius 3 is 2.21 bits per heavy atom. The summed E-state index contributed by atoms with van der Waals surface area (Å²) < 4.78 is 0. The summed E-state index contributed by atoms with van der Waals surface area (Å²) >= 11 is 0. The van der Waals surface area contributed by atoms with E-state index in [1.807, 2.05) is 0 Å². The highest BCUT2D eigenvalue weighted by Crippen LogP contribution is 2.40. The number of nitrogens with two attached hydrogens (primary N) is 1. The molecule has 2 aliphatic rings. The van der Waals surface area contributed by atoms with Crippen molar-refractivity contribution in [2.75, 3.05) is 13.1 Å². The summed E-state index contributed by atoms with van der Waals surface area (Å²) in [7, 11) is 0. The molecule has 2 N–H and O–H groups in total. The molecule has 112 valence electrons. The molecule has 1 saturated heterocycles. The lowest BCUT2D eigenvalue weighted by atomic mass is 9.70. The molecule has 2 nitrogen and oxygen atoms in total. The van der Waals surface area contributed by atoms with E-state index in [1.165, 1.54) is 45.1 Å². The molecule has 0 bridgehead atoms. The molecule has 1 heterocycles. The fourth-order valence-corrected chi connectivity index (χ4v) is 4.38. The summed E-state index contributed by atoms with van der Waals surface area (Å²) in [5.41, 5.74) is 6.54. The number of hydrogen-bond donors (Lipinski definition) is 1. The van der Waals surface area contributed by atoms with Crippen LogP contribution in [0.4, 0.5) is 0 Å². The van der Waals surface area contributed by atoms with E-state index in [-0.39, 0.29) is 0 Å². The molecule has 0 amide bonds. The van der Waals surface area contributed by atoms with Gasteiger partial charge in [-0.1, -0.05) is 27.7 Å². The van der Waals surface area contributed by atoms with E-state index >= 15 is 0 Å². The minimum atomic E-state index is 0.493. The van der Waals surface area contributed by atoms with Crippen molar-refractivity contribution in [1.82, 2.24) is 4.90 Å². The normalized spacial score (nSPS) is 38.4. The molecule has 1 aliphatic carbocycles. The highest BCUT2D eigenvalue weighted by atomic mass is 15.2. The van der Waals surface area contributed by atoms with Gasteiger partial charge in [-0.05, 0) is 62.3 Å². The van der Waals surface area contributed by atoms with E-state index in [1.54, 1.807) is 0 Å². The van der Waals surface area contributed by atoms with E-state index in [9.17, 15) is 0 Å². The Morgan fingerprint density at radius 2 is 1.68 bits per heavy atom. The number of hydrogen-bond acceptors (Lipinski definition) is 2. The smallest absolute Gasteiger partial charge is 0.0246 e. The number of piperidine rings is 1. The summed E-state index contributed by atoms with van der Waals surface area (Å²) in [6.45, 7) is 11.7. The lowest BCUT2D eigenvalue weighted by Crippen LogP contribution is -2.54. The Labute approximate surface area is 120 Å². The van der Waals surface area contributed by atoms with Gasteiger partial charge in [0.2, 0.25) is 0 Å². The first kappa shape index (κ1) is 15.3. The second-order valence-electron chi connectivity index (χ2n) is 8.03. The molecule has 0 spiro atoms. The lowest BCUT2D eigenvalue weighted by molar-refractivity contribution is 0.0254. The summed E-state index contributed by atoms with van der Waals surface area (Å²) in [4.78, 5) is 2.77. The first-order chi connectivity index (χ1) is 8.93. The second-order valence-corrected chi connectivity index (χ2v) is 8.03. The average Bonchev–Trinajstić information content (AvgIpc) is 2.37. The van der Waals surface area contributed by atoms with E-state index in [2.05, 4.69) is 32.6 Å². The van der Waals surface area contributed by atoms with Crippen molar-refractivity contribution >= 4 is 0 Å². The molecule has 2 heteroatoms. The first-order valence-electron chi connectivity index (χ1n) is 8.39. The van der Waals surface area contributed by atoms with Gasteiger partial charge in [-0.2, -0.15) is 0 Å². The molecular formula is C17H34N2. The van der Waals surface area contributed by atoms with Gasteiger partial charge in [0.1, 0.15) is 0 Å². The Kier molecular flexibility index (Phi) is 4.94. The molecule has 0 aromatic carbocycles. The second kappa shape index (κ2) is 6.13. The summed E-state index contributed by atoms with van der Waals surface area (Å²) in [5, 5.41) is 0. The number of likely N-dealkylation sites (tertiary alicyclic amines) is 1. The molecule has 0 aromatic heterocycles. The maximum atomic E-state index is 6.05.